The fourth-order valence-electron chi connectivity index (χ4n) is 3.02. The van der Waals surface area contributed by atoms with Gasteiger partial charge in [-0.25, -0.2) is 4.79 Å². The summed E-state index contributed by atoms with van der Waals surface area (Å²) in [4.78, 5) is 37.6. The van der Waals surface area contributed by atoms with E-state index in [4.69, 9.17) is 9.15 Å². The largest absolute Gasteiger partial charge is 0.481 e. The minimum absolute atomic E-state index is 0.0733. The van der Waals surface area contributed by atoms with Crippen LogP contribution < -0.4 is 20.6 Å². The van der Waals surface area contributed by atoms with Crippen molar-refractivity contribution in [1.29, 1.82) is 0 Å². The lowest BCUT2D eigenvalue weighted by atomic mass is 10.1. The summed E-state index contributed by atoms with van der Waals surface area (Å²) in [6, 6.07) is 15.1. The van der Waals surface area contributed by atoms with Crippen LogP contribution in [0.15, 0.2) is 63.8 Å². The van der Waals surface area contributed by atoms with E-state index in [-0.39, 0.29) is 18.4 Å². The van der Waals surface area contributed by atoms with Crippen LogP contribution in [0.3, 0.4) is 0 Å². The van der Waals surface area contributed by atoms with E-state index in [1.807, 2.05) is 0 Å². The Hall–Kier alpha value is -3.61. The summed E-state index contributed by atoms with van der Waals surface area (Å²) >= 11 is 0. The van der Waals surface area contributed by atoms with Crippen molar-refractivity contribution in [2.45, 2.75) is 13.0 Å². The second-order valence-electron chi connectivity index (χ2n) is 6.20. The third-order valence-corrected chi connectivity index (χ3v) is 4.29. The first kappa shape index (κ1) is 16.8. The molecule has 0 radical (unpaired) electrons. The lowest BCUT2D eigenvalue weighted by Crippen LogP contribution is -2.47. The van der Waals surface area contributed by atoms with Gasteiger partial charge in [0.1, 0.15) is 17.9 Å². The van der Waals surface area contributed by atoms with Crippen LogP contribution in [-0.4, -0.2) is 24.5 Å². The van der Waals surface area contributed by atoms with Crippen molar-refractivity contribution in [3.8, 4) is 5.75 Å². The molecule has 0 unspecified atom stereocenters. The van der Waals surface area contributed by atoms with Crippen molar-refractivity contribution in [2.24, 2.45) is 0 Å². The highest BCUT2D eigenvalue weighted by Gasteiger charge is 2.30. The molecule has 2 amide bonds. The van der Waals surface area contributed by atoms with E-state index in [9.17, 15) is 14.4 Å². The number of benzene rings is 2. The smallest absolute Gasteiger partial charge is 0.336 e. The quantitative estimate of drug-likeness (QED) is 0.722. The molecule has 0 spiro atoms. The van der Waals surface area contributed by atoms with Crippen molar-refractivity contribution < 1.29 is 18.7 Å². The SMILES string of the molecule is C[C@H](Oc1ccc2ccc(=O)oc2c1)C(=O)N1CC(=O)Nc2ccccc21. The first-order valence-corrected chi connectivity index (χ1v) is 8.42. The first-order valence-electron chi connectivity index (χ1n) is 8.42. The molecule has 27 heavy (non-hydrogen) atoms. The number of carbonyl (C=O) groups excluding carboxylic acids is 2. The summed E-state index contributed by atoms with van der Waals surface area (Å²) < 4.78 is 10.9. The first-order chi connectivity index (χ1) is 13.0. The van der Waals surface area contributed by atoms with Gasteiger partial charge >= 0.3 is 5.63 Å². The topological polar surface area (TPSA) is 88.8 Å². The molecule has 2 heterocycles. The third kappa shape index (κ3) is 3.27. The van der Waals surface area contributed by atoms with E-state index in [0.29, 0.717) is 22.7 Å². The molecule has 7 heteroatoms. The zero-order valence-electron chi connectivity index (χ0n) is 14.5. The van der Waals surface area contributed by atoms with Crippen LogP contribution in [0, 0.1) is 0 Å². The summed E-state index contributed by atoms with van der Waals surface area (Å²) in [5.41, 5.74) is 1.13. The molecule has 4 rings (SSSR count). The van der Waals surface area contributed by atoms with Crippen LogP contribution in [0.25, 0.3) is 11.0 Å². The number of hydrogen-bond donors (Lipinski definition) is 1. The molecule has 0 saturated carbocycles. The van der Waals surface area contributed by atoms with Crippen LogP contribution in [-0.2, 0) is 9.59 Å². The molecule has 0 saturated heterocycles. The summed E-state index contributed by atoms with van der Waals surface area (Å²) in [7, 11) is 0. The Labute approximate surface area is 154 Å². The highest BCUT2D eigenvalue weighted by Crippen LogP contribution is 2.30. The Morgan fingerprint density at radius 1 is 1.15 bits per heavy atom. The summed E-state index contributed by atoms with van der Waals surface area (Å²) in [6.07, 6.45) is -0.836. The summed E-state index contributed by atoms with van der Waals surface area (Å²) in [6.45, 7) is 1.54. The maximum Gasteiger partial charge on any atom is 0.336 e. The molecular weight excluding hydrogens is 348 g/mol. The van der Waals surface area contributed by atoms with Crippen LogP contribution >= 0.6 is 0 Å². The molecule has 136 valence electrons. The molecule has 0 fully saturated rings. The Kier molecular flexibility index (Phi) is 4.12. The van der Waals surface area contributed by atoms with Gasteiger partial charge in [0.2, 0.25) is 5.91 Å². The van der Waals surface area contributed by atoms with Gasteiger partial charge in [-0.05, 0) is 37.3 Å². The number of para-hydroxylation sites is 2. The van der Waals surface area contributed by atoms with Crippen molar-refractivity contribution >= 4 is 34.2 Å². The van der Waals surface area contributed by atoms with E-state index >= 15 is 0 Å². The number of anilines is 2. The van der Waals surface area contributed by atoms with Crippen molar-refractivity contribution in [3.63, 3.8) is 0 Å². The average molecular weight is 364 g/mol. The summed E-state index contributed by atoms with van der Waals surface area (Å²) in [5, 5.41) is 3.50. The second kappa shape index (κ2) is 6.60. The van der Waals surface area contributed by atoms with Gasteiger partial charge in [-0.2, -0.15) is 0 Å². The molecule has 7 nitrogen and oxygen atoms in total. The van der Waals surface area contributed by atoms with Crippen molar-refractivity contribution in [1.82, 2.24) is 0 Å². The number of amides is 2. The zero-order chi connectivity index (χ0) is 19.0. The van der Waals surface area contributed by atoms with Gasteiger partial charge in [0.25, 0.3) is 5.91 Å². The van der Waals surface area contributed by atoms with Crippen molar-refractivity contribution in [2.75, 3.05) is 16.8 Å². The highest BCUT2D eigenvalue weighted by atomic mass is 16.5. The fraction of sp³-hybridized carbons (Fsp3) is 0.150. The predicted octanol–water partition coefficient (Wildman–Crippen LogP) is 2.55. The molecule has 1 aliphatic rings. The van der Waals surface area contributed by atoms with Crippen molar-refractivity contribution in [3.05, 3.63) is 65.0 Å². The van der Waals surface area contributed by atoms with Crippen LogP contribution in [0.4, 0.5) is 11.4 Å². The Bertz CT molecular complexity index is 1100. The monoisotopic (exact) mass is 364 g/mol. The van der Waals surface area contributed by atoms with Gasteiger partial charge in [-0.15, -0.1) is 0 Å². The highest BCUT2D eigenvalue weighted by molar-refractivity contribution is 6.10. The van der Waals surface area contributed by atoms with E-state index < -0.39 is 11.7 Å². The van der Waals surface area contributed by atoms with Gasteiger partial charge in [-0.1, -0.05) is 12.1 Å². The zero-order valence-corrected chi connectivity index (χ0v) is 14.5. The fourth-order valence-corrected chi connectivity index (χ4v) is 3.02. The summed E-state index contributed by atoms with van der Waals surface area (Å²) in [5.74, 6) is -0.207. The molecule has 1 N–H and O–H groups in total. The Balaban J connectivity index is 1.58. The number of carbonyl (C=O) groups is 2. The number of nitrogens with one attached hydrogen (secondary N) is 1. The van der Waals surface area contributed by atoms with Gasteiger partial charge in [0, 0.05) is 17.5 Å². The number of ether oxygens (including phenoxy) is 1. The average Bonchev–Trinajstić information content (AvgIpc) is 2.66. The number of hydrogen-bond acceptors (Lipinski definition) is 5. The molecule has 1 atom stereocenters. The van der Waals surface area contributed by atoms with Crippen LogP contribution in [0.5, 0.6) is 5.75 Å². The molecule has 0 bridgehead atoms. The van der Waals surface area contributed by atoms with Crippen LogP contribution in [0.1, 0.15) is 6.92 Å². The van der Waals surface area contributed by atoms with E-state index in [1.165, 1.54) is 11.0 Å². The minimum atomic E-state index is -0.836. The number of fused-ring (bicyclic) bond motifs is 2. The third-order valence-electron chi connectivity index (χ3n) is 4.29. The number of nitrogens with zero attached hydrogens (tertiary/aromatic N) is 1. The molecule has 0 aliphatic carbocycles. The second-order valence-corrected chi connectivity index (χ2v) is 6.20. The normalized spacial score (nSPS) is 14.4. The maximum atomic E-state index is 12.9. The predicted molar refractivity (Wildman–Crippen MR) is 100.0 cm³/mol. The van der Waals surface area contributed by atoms with Gasteiger partial charge in [0.05, 0.1) is 11.4 Å². The van der Waals surface area contributed by atoms with Gasteiger partial charge < -0.3 is 14.5 Å². The lowest BCUT2D eigenvalue weighted by molar-refractivity contribution is -0.126. The van der Waals surface area contributed by atoms with Crippen LogP contribution in [0.2, 0.25) is 0 Å². The molecule has 3 aromatic rings. The standard InChI is InChI=1S/C20H16N2O5/c1-12(26-14-8-6-13-7-9-19(24)27-17(13)10-14)20(25)22-11-18(23)21-15-4-2-3-5-16(15)22/h2-10,12H,11H2,1H3,(H,21,23)/t12-/m0/s1. The minimum Gasteiger partial charge on any atom is -0.481 e. The molecular formula is C20H16N2O5. The maximum absolute atomic E-state index is 12.9. The van der Waals surface area contributed by atoms with Gasteiger partial charge in [-0.3, -0.25) is 14.5 Å². The Morgan fingerprint density at radius 2 is 1.93 bits per heavy atom. The Morgan fingerprint density at radius 3 is 2.78 bits per heavy atom. The molecule has 1 aromatic heterocycles. The molecule has 1 aliphatic heterocycles. The lowest BCUT2D eigenvalue weighted by Gasteiger charge is -2.31. The molecule has 2 aromatic carbocycles. The van der Waals surface area contributed by atoms with Gasteiger partial charge in [0.15, 0.2) is 6.10 Å². The van der Waals surface area contributed by atoms with E-state index in [0.717, 1.165) is 5.39 Å². The van der Waals surface area contributed by atoms with E-state index in [2.05, 4.69) is 5.32 Å². The number of rotatable bonds is 3. The van der Waals surface area contributed by atoms with E-state index in [1.54, 1.807) is 55.5 Å².